The smallest absolute Gasteiger partial charge is 0.238 e. The quantitative estimate of drug-likeness (QED) is 0.183. The van der Waals surface area contributed by atoms with Crippen LogP contribution in [0.3, 0.4) is 0 Å². The SMILES string of the molecule is COc1ccc(C2C3=CCC4C(=O)N(c5ccc(N6CCOCC6)cc5)C(=O)C4C3CC3C(=O)C(c4ccccc4)=CC(=O)C32c2ccccc2)c(O)c1. The second-order valence-corrected chi connectivity index (χ2v) is 14.8. The minimum absolute atomic E-state index is 0.0778. The van der Waals surface area contributed by atoms with Gasteiger partial charge in [0.2, 0.25) is 11.8 Å². The van der Waals surface area contributed by atoms with Gasteiger partial charge in [-0.25, -0.2) is 0 Å². The largest absolute Gasteiger partial charge is 0.508 e. The molecule has 0 bridgehead atoms. The summed E-state index contributed by atoms with van der Waals surface area (Å²) in [5.41, 5.74) is 2.96. The van der Waals surface area contributed by atoms with E-state index in [0.717, 1.165) is 24.4 Å². The lowest BCUT2D eigenvalue weighted by molar-refractivity contribution is -0.135. The van der Waals surface area contributed by atoms with Gasteiger partial charge in [-0.2, -0.15) is 0 Å². The standard InChI is InChI=1S/C45H40N2O7/c1-53-31-16-17-33(38(48)24-31)41-32-18-19-34-40(44(52)47(43(34)51)30-14-12-29(13-15-30)46-20-22-54-23-21-46)36(32)25-37-42(50)35(27-8-4-2-5-9-27)26-39(49)45(37,41)28-10-6-3-7-11-28/h2-18,24,26,34,36-37,40-41,48H,19-23,25H2,1H3. The topological polar surface area (TPSA) is 113 Å². The van der Waals surface area contributed by atoms with Gasteiger partial charge < -0.3 is 19.5 Å². The fourth-order valence-electron chi connectivity index (χ4n) is 10.0. The Morgan fingerprint density at radius 1 is 0.796 bits per heavy atom. The Hall–Kier alpha value is -5.80. The third-order valence-electron chi connectivity index (χ3n) is 12.4. The molecule has 3 fully saturated rings. The van der Waals surface area contributed by atoms with Crippen LogP contribution in [0.2, 0.25) is 0 Å². The van der Waals surface area contributed by atoms with Crippen molar-refractivity contribution in [1.29, 1.82) is 0 Å². The summed E-state index contributed by atoms with van der Waals surface area (Å²) in [4.78, 5) is 62.9. The Balaban J connectivity index is 1.19. The van der Waals surface area contributed by atoms with Gasteiger partial charge in [0.15, 0.2) is 11.6 Å². The average molecular weight is 721 g/mol. The summed E-state index contributed by atoms with van der Waals surface area (Å²) in [5, 5.41) is 11.7. The molecule has 2 heterocycles. The molecule has 9 heteroatoms. The maximum absolute atomic E-state index is 15.2. The van der Waals surface area contributed by atoms with Crippen molar-refractivity contribution >= 4 is 40.3 Å². The molecule has 0 aromatic heterocycles. The molecule has 4 aromatic rings. The van der Waals surface area contributed by atoms with Gasteiger partial charge in [0.05, 0.1) is 43.3 Å². The highest BCUT2D eigenvalue weighted by molar-refractivity contribution is 6.32. The van der Waals surface area contributed by atoms with Gasteiger partial charge in [-0.15, -0.1) is 0 Å². The van der Waals surface area contributed by atoms with Crippen molar-refractivity contribution in [2.24, 2.45) is 23.7 Å². The normalized spacial score (nSPS) is 27.8. The first-order chi connectivity index (χ1) is 26.3. The maximum atomic E-state index is 15.2. The van der Waals surface area contributed by atoms with E-state index < -0.39 is 35.0 Å². The molecule has 3 aliphatic carbocycles. The number of benzene rings is 4. The zero-order chi connectivity index (χ0) is 37.1. The molecule has 0 spiro atoms. The van der Waals surface area contributed by atoms with Crippen molar-refractivity contribution < 1.29 is 33.8 Å². The second kappa shape index (κ2) is 13.2. The maximum Gasteiger partial charge on any atom is 0.238 e. The fraction of sp³-hybridized carbons (Fsp3) is 0.289. The van der Waals surface area contributed by atoms with Crippen LogP contribution in [0.25, 0.3) is 5.57 Å². The number of fused-ring (bicyclic) bond motifs is 4. The molecule has 54 heavy (non-hydrogen) atoms. The predicted molar refractivity (Wildman–Crippen MR) is 203 cm³/mol. The van der Waals surface area contributed by atoms with E-state index in [4.69, 9.17) is 9.47 Å². The summed E-state index contributed by atoms with van der Waals surface area (Å²) in [6.07, 6.45) is 3.96. The number of hydrogen-bond donors (Lipinski definition) is 1. The van der Waals surface area contributed by atoms with E-state index in [-0.39, 0.29) is 35.6 Å². The number of ether oxygens (including phenoxy) is 2. The van der Waals surface area contributed by atoms with Gasteiger partial charge in [-0.1, -0.05) is 78.4 Å². The number of ketones is 2. The molecule has 1 saturated carbocycles. The number of carbonyl (C=O) groups is 4. The third-order valence-corrected chi connectivity index (χ3v) is 12.4. The highest BCUT2D eigenvalue weighted by Gasteiger charge is 2.66. The molecule has 1 N–H and O–H groups in total. The molecule has 9 rings (SSSR count). The number of amides is 2. The van der Waals surface area contributed by atoms with Crippen molar-refractivity contribution in [1.82, 2.24) is 0 Å². The fourth-order valence-corrected chi connectivity index (χ4v) is 10.0. The number of imide groups is 1. The highest BCUT2D eigenvalue weighted by atomic mass is 16.5. The van der Waals surface area contributed by atoms with Gasteiger partial charge in [-0.3, -0.25) is 24.1 Å². The molecular formula is C45H40N2O7. The number of carbonyl (C=O) groups excluding carboxylic acids is 4. The molecule has 2 amide bonds. The van der Waals surface area contributed by atoms with Crippen molar-refractivity contribution in [2.75, 3.05) is 43.2 Å². The second-order valence-electron chi connectivity index (χ2n) is 14.8. The summed E-state index contributed by atoms with van der Waals surface area (Å²) in [5.74, 6) is -4.28. The Morgan fingerprint density at radius 2 is 1.48 bits per heavy atom. The molecule has 4 aromatic carbocycles. The first-order valence-electron chi connectivity index (χ1n) is 18.6. The lowest BCUT2D eigenvalue weighted by Gasteiger charge is -2.55. The van der Waals surface area contributed by atoms with Crippen molar-refractivity contribution in [2.45, 2.75) is 24.2 Å². The van der Waals surface area contributed by atoms with E-state index >= 15 is 9.59 Å². The Morgan fingerprint density at radius 3 is 2.17 bits per heavy atom. The number of phenols is 1. The van der Waals surface area contributed by atoms with E-state index in [9.17, 15) is 14.7 Å². The molecule has 6 unspecified atom stereocenters. The Kier molecular flexibility index (Phi) is 8.34. The van der Waals surface area contributed by atoms with E-state index in [1.165, 1.54) is 24.2 Å². The highest BCUT2D eigenvalue weighted by Crippen LogP contribution is 2.64. The first kappa shape index (κ1) is 34.0. The molecule has 9 nitrogen and oxygen atoms in total. The summed E-state index contributed by atoms with van der Waals surface area (Å²) in [6.45, 7) is 2.81. The molecule has 6 atom stereocenters. The van der Waals surface area contributed by atoms with Crippen LogP contribution in [0.5, 0.6) is 11.5 Å². The molecular weight excluding hydrogens is 681 g/mol. The van der Waals surface area contributed by atoms with Crippen molar-refractivity contribution in [3.63, 3.8) is 0 Å². The third kappa shape index (κ3) is 5.09. The predicted octanol–water partition coefficient (Wildman–Crippen LogP) is 6.27. The van der Waals surface area contributed by atoms with E-state index in [1.807, 2.05) is 91.0 Å². The summed E-state index contributed by atoms with van der Waals surface area (Å²) < 4.78 is 10.9. The molecule has 2 aliphatic heterocycles. The number of methoxy groups -OCH3 is 1. The van der Waals surface area contributed by atoms with Gasteiger partial charge in [0.1, 0.15) is 11.5 Å². The number of phenolic OH excluding ortho intramolecular Hbond substituents is 1. The summed E-state index contributed by atoms with van der Waals surface area (Å²) >= 11 is 0. The zero-order valence-electron chi connectivity index (χ0n) is 29.9. The number of anilines is 2. The van der Waals surface area contributed by atoms with Crippen LogP contribution in [0.4, 0.5) is 11.4 Å². The zero-order valence-corrected chi connectivity index (χ0v) is 29.9. The van der Waals surface area contributed by atoms with Crippen LogP contribution < -0.4 is 14.5 Å². The Labute approximate surface area is 313 Å². The molecule has 272 valence electrons. The number of rotatable bonds is 6. The minimum atomic E-state index is -1.43. The lowest BCUT2D eigenvalue weighted by Crippen LogP contribution is -2.58. The number of hydrogen-bond acceptors (Lipinski definition) is 8. The summed E-state index contributed by atoms with van der Waals surface area (Å²) in [6, 6.07) is 31.1. The van der Waals surface area contributed by atoms with Gasteiger partial charge in [-0.05, 0) is 66.3 Å². The van der Waals surface area contributed by atoms with Crippen LogP contribution in [0.15, 0.2) is 121 Å². The van der Waals surface area contributed by atoms with E-state index in [1.54, 1.807) is 12.1 Å². The number of Topliss-reactive ketones (excluding diaryl/α,β-unsaturated/α-hetero) is 1. The number of morpholine rings is 1. The van der Waals surface area contributed by atoms with Crippen LogP contribution in [0.1, 0.15) is 35.4 Å². The Bertz CT molecular complexity index is 2230. The van der Waals surface area contributed by atoms with Crippen molar-refractivity contribution in [3.8, 4) is 11.5 Å². The van der Waals surface area contributed by atoms with Gasteiger partial charge in [0, 0.05) is 47.8 Å². The van der Waals surface area contributed by atoms with E-state index in [2.05, 4.69) is 4.90 Å². The molecule has 0 radical (unpaired) electrons. The van der Waals surface area contributed by atoms with Crippen LogP contribution in [-0.4, -0.2) is 61.9 Å². The van der Waals surface area contributed by atoms with Gasteiger partial charge in [0.25, 0.3) is 0 Å². The molecule has 5 aliphatic rings. The lowest BCUT2D eigenvalue weighted by atomic mass is 9.44. The van der Waals surface area contributed by atoms with Crippen LogP contribution in [-0.2, 0) is 29.3 Å². The van der Waals surface area contributed by atoms with E-state index in [0.29, 0.717) is 53.3 Å². The molecule has 2 saturated heterocycles. The average Bonchev–Trinajstić information content (AvgIpc) is 3.48. The number of aromatic hydroxyl groups is 1. The number of nitrogens with zero attached hydrogens (tertiary/aromatic N) is 2. The van der Waals surface area contributed by atoms with Crippen molar-refractivity contribution in [3.05, 3.63) is 138 Å². The van der Waals surface area contributed by atoms with Crippen LogP contribution in [0, 0.1) is 23.7 Å². The minimum Gasteiger partial charge on any atom is -0.508 e. The summed E-state index contributed by atoms with van der Waals surface area (Å²) in [7, 11) is 1.51. The number of allylic oxidation sites excluding steroid dienone is 4. The first-order valence-corrected chi connectivity index (χ1v) is 18.6. The van der Waals surface area contributed by atoms with Crippen LogP contribution >= 0.6 is 0 Å². The monoisotopic (exact) mass is 720 g/mol. The van der Waals surface area contributed by atoms with Gasteiger partial charge >= 0.3 is 0 Å².